The molecule has 1 aliphatic heterocycles. The lowest BCUT2D eigenvalue weighted by molar-refractivity contribution is -0.384. The molecule has 0 saturated carbocycles. The Morgan fingerprint density at radius 1 is 1.53 bits per heavy atom. The number of hydrogen-bond acceptors (Lipinski definition) is 5. The molecule has 0 aromatic carbocycles. The zero-order valence-electron chi connectivity index (χ0n) is 11.4. The Balaban J connectivity index is 2.48. The standard InChI is InChI=1S/C13H20N4O2/c1-9-6-7-12(17(18)19)13(15-9)16-10(2)4-3-5-11(16)8-14/h6-7,10-11H,3-5,8,14H2,1-2H3. The zero-order valence-corrected chi connectivity index (χ0v) is 11.4. The van der Waals surface area contributed by atoms with Crippen LogP contribution in [0.5, 0.6) is 0 Å². The van der Waals surface area contributed by atoms with Crippen LogP contribution in [0.2, 0.25) is 0 Å². The summed E-state index contributed by atoms with van der Waals surface area (Å²) in [5.41, 5.74) is 6.67. The molecular formula is C13H20N4O2. The van der Waals surface area contributed by atoms with Gasteiger partial charge in [-0.3, -0.25) is 10.1 Å². The number of anilines is 1. The maximum atomic E-state index is 11.2. The van der Waals surface area contributed by atoms with Crippen molar-refractivity contribution in [3.8, 4) is 0 Å². The summed E-state index contributed by atoms with van der Waals surface area (Å²) in [6.07, 6.45) is 3.09. The fraction of sp³-hybridized carbons (Fsp3) is 0.615. The summed E-state index contributed by atoms with van der Waals surface area (Å²) in [5.74, 6) is 0.465. The molecule has 0 bridgehead atoms. The first-order valence-corrected chi connectivity index (χ1v) is 6.65. The van der Waals surface area contributed by atoms with Crippen LogP contribution in [0, 0.1) is 17.0 Å². The number of hydrogen-bond donors (Lipinski definition) is 1. The van der Waals surface area contributed by atoms with Gasteiger partial charge in [0.15, 0.2) is 0 Å². The molecule has 1 aliphatic rings. The number of nitrogens with zero attached hydrogens (tertiary/aromatic N) is 3. The van der Waals surface area contributed by atoms with Crippen molar-refractivity contribution in [1.29, 1.82) is 0 Å². The molecule has 0 radical (unpaired) electrons. The van der Waals surface area contributed by atoms with Crippen LogP contribution in [0.4, 0.5) is 11.5 Å². The topological polar surface area (TPSA) is 85.3 Å². The van der Waals surface area contributed by atoms with Gasteiger partial charge in [0.2, 0.25) is 5.82 Å². The van der Waals surface area contributed by atoms with Crippen LogP contribution in [-0.4, -0.2) is 28.5 Å². The van der Waals surface area contributed by atoms with Crippen LogP contribution in [0.3, 0.4) is 0 Å². The van der Waals surface area contributed by atoms with Crippen molar-refractivity contribution in [2.75, 3.05) is 11.4 Å². The third-order valence-corrected chi connectivity index (χ3v) is 3.73. The van der Waals surface area contributed by atoms with Crippen LogP contribution < -0.4 is 10.6 Å². The van der Waals surface area contributed by atoms with Crippen LogP contribution in [0.25, 0.3) is 0 Å². The maximum Gasteiger partial charge on any atom is 0.311 e. The second kappa shape index (κ2) is 5.52. The lowest BCUT2D eigenvalue weighted by Gasteiger charge is -2.40. The summed E-state index contributed by atoms with van der Waals surface area (Å²) in [6, 6.07) is 3.58. The molecule has 6 heteroatoms. The van der Waals surface area contributed by atoms with Gasteiger partial charge in [-0.2, -0.15) is 0 Å². The molecule has 1 aromatic rings. The van der Waals surface area contributed by atoms with Crippen molar-refractivity contribution in [3.63, 3.8) is 0 Å². The molecule has 0 amide bonds. The number of nitrogens with two attached hydrogens (primary N) is 1. The molecule has 1 fully saturated rings. The first-order valence-electron chi connectivity index (χ1n) is 6.65. The second-order valence-corrected chi connectivity index (χ2v) is 5.13. The largest absolute Gasteiger partial charge is 0.344 e. The van der Waals surface area contributed by atoms with Gasteiger partial charge in [0.25, 0.3) is 0 Å². The summed E-state index contributed by atoms with van der Waals surface area (Å²) in [6.45, 7) is 4.42. The summed E-state index contributed by atoms with van der Waals surface area (Å²) >= 11 is 0. The third kappa shape index (κ3) is 2.68. The number of pyridine rings is 1. The molecule has 6 nitrogen and oxygen atoms in total. The van der Waals surface area contributed by atoms with E-state index < -0.39 is 0 Å². The average molecular weight is 264 g/mol. The van der Waals surface area contributed by atoms with E-state index in [0.717, 1.165) is 25.0 Å². The number of nitro groups is 1. The third-order valence-electron chi connectivity index (χ3n) is 3.73. The lowest BCUT2D eigenvalue weighted by Crippen LogP contribution is -2.49. The molecule has 2 N–H and O–H groups in total. The van der Waals surface area contributed by atoms with Gasteiger partial charge in [-0.05, 0) is 39.2 Å². The van der Waals surface area contributed by atoms with Crippen LogP contribution in [0.15, 0.2) is 12.1 Å². The molecule has 1 saturated heterocycles. The zero-order chi connectivity index (χ0) is 14.0. The van der Waals surface area contributed by atoms with Gasteiger partial charge >= 0.3 is 5.69 Å². The summed E-state index contributed by atoms with van der Waals surface area (Å²) in [7, 11) is 0. The lowest BCUT2D eigenvalue weighted by atomic mass is 9.96. The van der Waals surface area contributed by atoms with Crippen molar-refractivity contribution < 1.29 is 4.92 Å². The predicted molar refractivity (Wildman–Crippen MR) is 74.3 cm³/mol. The minimum atomic E-state index is -0.364. The van der Waals surface area contributed by atoms with Gasteiger partial charge in [-0.15, -0.1) is 0 Å². The normalized spacial score (nSPS) is 23.4. The smallest absolute Gasteiger partial charge is 0.311 e. The fourth-order valence-electron chi connectivity index (χ4n) is 2.77. The molecule has 2 rings (SSSR count). The van der Waals surface area contributed by atoms with Gasteiger partial charge in [0, 0.05) is 30.4 Å². The number of piperidine rings is 1. The van der Waals surface area contributed by atoms with E-state index in [4.69, 9.17) is 5.73 Å². The molecule has 19 heavy (non-hydrogen) atoms. The molecule has 2 atom stereocenters. The maximum absolute atomic E-state index is 11.2. The minimum Gasteiger partial charge on any atom is -0.344 e. The molecule has 0 aliphatic carbocycles. The first kappa shape index (κ1) is 13.7. The molecule has 2 heterocycles. The molecule has 2 unspecified atom stereocenters. The van der Waals surface area contributed by atoms with E-state index in [1.54, 1.807) is 6.07 Å². The number of rotatable bonds is 3. The molecular weight excluding hydrogens is 244 g/mol. The van der Waals surface area contributed by atoms with E-state index in [1.165, 1.54) is 6.07 Å². The van der Waals surface area contributed by atoms with E-state index in [1.807, 2.05) is 11.8 Å². The molecule has 1 aromatic heterocycles. The Hall–Kier alpha value is -1.69. The van der Waals surface area contributed by atoms with Crippen molar-refractivity contribution >= 4 is 11.5 Å². The number of aromatic nitrogens is 1. The predicted octanol–water partition coefficient (Wildman–Crippen LogP) is 2.00. The van der Waals surface area contributed by atoms with E-state index in [-0.39, 0.29) is 22.7 Å². The van der Waals surface area contributed by atoms with E-state index in [9.17, 15) is 10.1 Å². The van der Waals surface area contributed by atoms with Crippen molar-refractivity contribution in [2.45, 2.75) is 45.2 Å². The van der Waals surface area contributed by atoms with Gasteiger partial charge < -0.3 is 10.6 Å². The van der Waals surface area contributed by atoms with Crippen molar-refractivity contribution in [3.05, 3.63) is 27.9 Å². The Kier molecular flexibility index (Phi) is 3.99. The highest BCUT2D eigenvalue weighted by Crippen LogP contribution is 2.33. The van der Waals surface area contributed by atoms with Crippen LogP contribution >= 0.6 is 0 Å². The van der Waals surface area contributed by atoms with Crippen LogP contribution in [-0.2, 0) is 0 Å². The minimum absolute atomic E-state index is 0.0674. The van der Waals surface area contributed by atoms with Crippen molar-refractivity contribution in [1.82, 2.24) is 4.98 Å². The highest BCUT2D eigenvalue weighted by atomic mass is 16.6. The summed E-state index contributed by atoms with van der Waals surface area (Å²) in [5, 5.41) is 11.2. The van der Waals surface area contributed by atoms with E-state index in [2.05, 4.69) is 11.9 Å². The molecule has 104 valence electrons. The Labute approximate surface area is 112 Å². The van der Waals surface area contributed by atoms with E-state index >= 15 is 0 Å². The Bertz CT molecular complexity index is 478. The van der Waals surface area contributed by atoms with Gasteiger partial charge in [-0.1, -0.05) is 0 Å². The van der Waals surface area contributed by atoms with Gasteiger partial charge in [-0.25, -0.2) is 4.98 Å². The average Bonchev–Trinajstić information content (AvgIpc) is 2.37. The SMILES string of the molecule is Cc1ccc([N+](=O)[O-])c(N2C(C)CCCC2CN)n1. The van der Waals surface area contributed by atoms with E-state index in [0.29, 0.717) is 12.4 Å². The van der Waals surface area contributed by atoms with Gasteiger partial charge in [0.1, 0.15) is 0 Å². The Morgan fingerprint density at radius 3 is 2.89 bits per heavy atom. The second-order valence-electron chi connectivity index (χ2n) is 5.13. The Morgan fingerprint density at radius 2 is 2.26 bits per heavy atom. The summed E-state index contributed by atoms with van der Waals surface area (Å²) < 4.78 is 0. The highest BCUT2D eigenvalue weighted by Gasteiger charge is 2.32. The highest BCUT2D eigenvalue weighted by molar-refractivity contribution is 5.59. The van der Waals surface area contributed by atoms with Crippen LogP contribution in [0.1, 0.15) is 31.9 Å². The van der Waals surface area contributed by atoms with Crippen molar-refractivity contribution in [2.24, 2.45) is 5.73 Å². The fourth-order valence-corrected chi connectivity index (χ4v) is 2.77. The molecule has 0 spiro atoms. The number of aryl methyl sites for hydroxylation is 1. The first-order chi connectivity index (χ1) is 9.04. The van der Waals surface area contributed by atoms with Gasteiger partial charge in [0.05, 0.1) is 4.92 Å². The monoisotopic (exact) mass is 264 g/mol. The quantitative estimate of drug-likeness (QED) is 0.666. The summed E-state index contributed by atoms with van der Waals surface area (Å²) in [4.78, 5) is 17.3.